The van der Waals surface area contributed by atoms with E-state index in [1.54, 1.807) is 6.20 Å². The molecule has 0 aliphatic heterocycles. The fourth-order valence-electron chi connectivity index (χ4n) is 1.11. The van der Waals surface area contributed by atoms with Crippen LogP contribution in [0, 0.1) is 5.82 Å². The minimum Gasteiger partial charge on any atom is -0.468 e. The Bertz CT molecular complexity index is 362. The molecule has 0 saturated carbocycles. The number of nitrogens with zero attached hydrogens (tertiary/aromatic N) is 1. The number of pyridine rings is 1. The number of alkyl halides is 1. The van der Waals surface area contributed by atoms with E-state index in [2.05, 4.69) is 31.0 Å². The molecule has 1 unspecified atom stereocenters. The van der Waals surface area contributed by atoms with Gasteiger partial charge in [0.2, 0.25) is 0 Å². The summed E-state index contributed by atoms with van der Waals surface area (Å²) in [7, 11) is 1.33. The lowest BCUT2D eigenvalue weighted by atomic mass is 10.3. The number of hydrogen-bond acceptors (Lipinski definition) is 4. The van der Waals surface area contributed by atoms with Crippen LogP contribution in [0.5, 0.6) is 0 Å². The summed E-state index contributed by atoms with van der Waals surface area (Å²) in [6.45, 7) is 0.854. The van der Waals surface area contributed by atoms with Crippen LogP contribution in [0.3, 0.4) is 0 Å². The van der Waals surface area contributed by atoms with Crippen LogP contribution in [-0.4, -0.2) is 29.4 Å². The van der Waals surface area contributed by atoms with Crippen molar-refractivity contribution in [2.45, 2.75) is 11.4 Å². The van der Waals surface area contributed by atoms with E-state index in [1.165, 1.54) is 13.2 Å². The molecule has 1 aromatic heterocycles. The molecule has 16 heavy (non-hydrogen) atoms. The third-order valence-corrected chi connectivity index (χ3v) is 2.57. The van der Waals surface area contributed by atoms with Crippen molar-refractivity contribution in [3.05, 3.63) is 29.8 Å². The Labute approximate surface area is 101 Å². The highest BCUT2D eigenvalue weighted by atomic mass is 79.9. The molecule has 1 aromatic rings. The monoisotopic (exact) mass is 290 g/mol. The highest BCUT2D eigenvalue weighted by molar-refractivity contribution is 9.10. The van der Waals surface area contributed by atoms with Crippen LogP contribution in [0.1, 0.15) is 5.56 Å². The van der Waals surface area contributed by atoms with Crippen LogP contribution in [0.25, 0.3) is 0 Å². The van der Waals surface area contributed by atoms with Gasteiger partial charge in [0.05, 0.1) is 13.3 Å². The van der Waals surface area contributed by atoms with Crippen molar-refractivity contribution >= 4 is 21.9 Å². The second-order valence-corrected chi connectivity index (χ2v) is 4.24. The molecule has 1 rings (SSSR count). The molecule has 0 saturated heterocycles. The van der Waals surface area contributed by atoms with E-state index in [-0.39, 0.29) is 11.8 Å². The van der Waals surface area contributed by atoms with Gasteiger partial charge in [0.15, 0.2) is 0 Å². The molecule has 0 aliphatic carbocycles. The quantitative estimate of drug-likeness (QED) is 0.655. The first kappa shape index (κ1) is 13.1. The fraction of sp³-hybridized carbons (Fsp3) is 0.400. The largest absolute Gasteiger partial charge is 0.468 e. The molecule has 0 radical (unpaired) electrons. The lowest BCUT2D eigenvalue weighted by Crippen LogP contribution is -2.29. The van der Waals surface area contributed by atoms with Gasteiger partial charge in [-0.05, 0) is 11.6 Å². The number of esters is 1. The highest BCUT2D eigenvalue weighted by Gasteiger charge is 2.13. The molecule has 4 nitrogen and oxygen atoms in total. The molecule has 0 aromatic carbocycles. The number of rotatable bonds is 5. The number of carbonyl (C=O) groups excluding carboxylic acids is 1. The fourth-order valence-corrected chi connectivity index (χ4v) is 1.52. The van der Waals surface area contributed by atoms with Gasteiger partial charge in [-0.15, -0.1) is 0 Å². The van der Waals surface area contributed by atoms with E-state index >= 15 is 0 Å². The number of hydrogen-bond donors (Lipinski definition) is 1. The number of methoxy groups -OCH3 is 1. The van der Waals surface area contributed by atoms with Crippen LogP contribution in [0.4, 0.5) is 4.39 Å². The second-order valence-electron chi connectivity index (χ2n) is 3.13. The number of halogens is 2. The molecule has 0 amide bonds. The SMILES string of the molecule is COC(=O)C(Br)CNCc1cncc(F)c1. The Kier molecular flexibility index (Phi) is 5.34. The molecule has 0 aliphatic rings. The number of nitrogens with one attached hydrogen (secondary N) is 1. The van der Waals surface area contributed by atoms with Crippen molar-refractivity contribution in [2.75, 3.05) is 13.7 Å². The van der Waals surface area contributed by atoms with E-state index in [9.17, 15) is 9.18 Å². The molecule has 1 atom stereocenters. The first-order chi connectivity index (χ1) is 7.63. The van der Waals surface area contributed by atoms with Crippen molar-refractivity contribution in [3.63, 3.8) is 0 Å². The smallest absolute Gasteiger partial charge is 0.320 e. The zero-order valence-corrected chi connectivity index (χ0v) is 10.3. The van der Waals surface area contributed by atoms with Crippen LogP contribution in [0.2, 0.25) is 0 Å². The van der Waals surface area contributed by atoms with E-state index in [1.807, 2.05) is 0 Å². The first-order valence-electron chi connectivity index (χ1n) is 4.65. The van der Waals surface area contributed by atoms with Crippen molar-refractivity contribution in [1.29, 1.82) is 0 Å². The third-order valence-electron chi connectivity index (χ3n) is 1.87. The van der Waals surface area contributed by atoms with Crippen molar-refractivity contribution in [2.24, 2.45) is 0 Å². The maximum atomic E-state index is 12.8. The van der Waals surface area contributed by atoms with Crippen LogP contribution < -0.4 is 5.32 Å². The minimum absolute atomic E-state index is 0.343. The van der Waals surface area contributed by atoms with Crippen LogP contribution in [0.15, 0.2) is 18.5 Å². The van der Waals surface area contributed by atoms with E-state index in [4.69, 9.17) is 0 Å². The zero-order chi connectivity index (χ0) is 12.0. The Morgan fingerprint density at radius 1 is 1.69 bits per heavy atom. The van der Waals surface area contributed by atoms with Gasteiger partial charge in [-0.25, -0.2) is 4.39 Å². The molecule has 1 heterocycles. The summed E-state index contributed by atoms with van der Waals surface area (Å²) in [5, 5.41) is 2.99. The van der Waals surface area contributed by atoms with Gasteiger partial charge in [-0.2, -0.15) is 0 Å². The van der Waals surface area contributed by atoms with Crippen LogP contribution >= 0.6 is 15.9 Å². The molecule has 0 spiro atoms. The maximum Gasteiger partial charge on any atom is 0.320 e. The Morgan fingerprint density at radius 3 is 3.06 bits per heavy atom. The average Bonchev–Trinajstić information content (AvgIpc) is 2.28. The standard InChI is InChI=1S/C10H12BrFN2O2/c1-16-10(15)9(11)6-14-4-7-2-8(12)5-13-3-7/h2-3,5,9,14H,4,6H2,1H3. The van der Waals surface area contributed by atoms with E-state index in [0.29, 0.717) is 13.1 Å². The summed E-state index contributed by atoms with van der Waals surface area (Å²) >= 11 is 3.16. The van der Waals surface area contributed by atoms with Gasteiger partial charge in [0, 0.05) is 19.3 Å². The minimum atomic E-state index is -0.404. The van der Waals surface area contributed by atoms with Gasteiger partial charge in [0.25, 0.3) is 0 Å². The summed E-state index contributed by atoms with van der Waals surface area (Å²) in [5.41, 5.74) is 0.726. The highest BCUT2D eigenvalue weighted by Crippen LogP contribution is 2.02. The lowest BCUT2D eigenvalue weighted by Gasteiger charge is -2.08. The normalized spacial score (nSPS) is 12.2. The van der Waals surface area contributed by atoms with Gasteiger partial charge in [-0.1, -0.05) is 15.9 Å². The molecular weight excluding hydrogens is 279 g/mol. The van der Waals surface area contributed by atoms with Crippen LogP contribution in [-0.2, 0) is 16.1 Å². The van der Waals surface area contributed by atoms with E-state index in [0.717, 1.165) is 11.8 Å². The summed E-state index contributed by atoms with van der Waals surface area (Å²) < 4.78 is 17.3. The Balaban J connectivity index is 2.33. The summed E-state index contributed by atoms with van der Waals surface area (Å²) in [5.74, 6) is -0.715. The molecule has 0 bridgehead atoms. The maximum absolute atomic E-state index is 12.8. The van der Waals surface area contributed by atoms with Gasteiger partial charge >= 0.3 is 5.97 Å². The predicted octanol–water partition coefficient (Wildman–Crippen LogP) is 1.25. The predicted molar refractivity (Wildman–Crippen MR) is 60.6 cm³/mol. The lowest BCUT2D eigenvalue weighted by molar-refractivity contribution is -0.139. The van der Waals surface area contributed by atoms with Gasteiger partial charge in [0.1, 0.15) is 10.6 Å². The zero-order valence-electron chi connectivity index (χ0n) is 8.74. The molecule has 1 N–H and O–H groups in total. The Morgan fingerprint density at radius 2 is 2.44 bits per heavy atom. The topological polar surface area (TPSA) is 51.2 Å². The van der Waals surface area contributed by atoms with Crippen molar-refractivity contribution < 1.29 is 13.9 Å². The number of ether oxygens (including phenoxy) is 1. The summed E-state index contributed by atoms with van der Waals surface area (Å²) in [4.78, 5) is 14.3. The molecule has 0 fully saturated rings. The van der Waals surface area contributed by atoms with E-state index < -0.39 is 4.83 Å². The molecular formula is C10H12BrFN2O2. The number of aromatic nitrogens is 1. The summed E-state index contributed by atoms with van der Waals surface area (Å²) in [6, 6.07) is 1.39. The third kappa shape index (κ3) is 4.24. The molecule has 6 heteroatoms. The first-order valence-corrected chi connectivity index (χ1v) is 5.57. The van der Waals surface area contributed by atoms with Gasteiger partial charge in [-0.3, -0.25) is 9.78 Å². The second kappa shape index (κ2) is 6.55. The van der Waals surface area contributed by atoms with Crippen molar-refractivity contribution in [3.8, 4) is 0 Å². The summed E-state index contributed by atoms with van der Waals surface area (Å²) in [6.07, 6.45) is 2.71. The van der Waals surface area contributed by atoms with Gasteiger partial charge < -0.3 is 10.1 Å². The molecule has 88 valence electrons. The number of carbonyl (C=O) groups is 1. The Hall–Kier alpha value is -1.01. The van der Waals surface area contributed by atoms with Crippen molar-refractivity contribution in [1.82, 2.24) is 10.3 Å². The average molecular weight is 291 g/mol.